The lowest BCUT2D eigenvalue weighted by atomic mass is 9.65. The third-order valence-electron chi connectivity index (χ3n) is 11.4. The van der Waals surface area contributed by atoms with Crippen molar-refractivity contribution in [1.82, 2.24) is 15.2 Å². The van der Waals surface area contributed by atoms with Crippen LogP contribution >= 0.6 is 11.6 Å². The van der Waals surface area contributed by atoms with Gasteiger partial charge in [0.05, 0.1) is 17.2 Å². The summed E-state index contributed by atoms with van der Waals surface area (Å²) in [5.41, 5.74) is 0.643. The highest BCUT2D eigenvalue weighted by Crippen LogP contribution is 2.49. The molecule has 1 aromatic heterocycles. The Morgan fingerprint density at radius 1 is 1.05 bits per heavy atom. The molecule has 6 rings (SSSR count). The number of nitrogens with zero attached hydrogens (tertiary/aromatic N) is 3. The lowest BCUT2D eigenvalue weighted by Gasteiger charge is -2.47. The van der Waals surface area contributed by atoms with E-state index in [0.717, 1.165) is 36.2 Å². The zero-order chi connectivity index (χ0) is 41.4. The number of aliphatic hydroxyl groups excluding tert-OH is 1. The monoisotopic (exact) mass is 806 g/mol. The van der Waals surface area contributed by atoms with Gasteiger partial charge < -0.3 is 29.5 Å². The number of allylic oxidation sites excluding steroid dienone is 2. The van der Waals surface area contributed by atoms with Gasteiger partial charge in [0.1, 0.15) is 47.5 Å². The second-order valence-electron chi connectivity index (χ2n) is 15.8. The number of aliphatic hydroxyl groups is 2. The normalized spacial score (nSPS) is 21.2. The number of ether oxygens (including phenoxy) is 3. The van der Waals surface area contributed by atoms with Crippen molar-refractivity contribution in [2.75, 3.05) is 39.5 Å². The van der Waals surface area contributed by atoms with Crippen molar-refractivity contribution in [3.63, 3.8) is 0 Å². The third kappa shape index (κ3) is 9.45. The number of pyridine rings is 1. The second-order valence-corrected chi connectivity index (χ2v) is 16.2. The summed E-state index contributed by atoms with van der Waals surface area (Å²) in [7, 11) is 0. The molecule has 0 bridgehead atoms. The fourth-order valence-electron chi connectivity index (χ4n) is 7.53. The highest BCUT2D eigenvalue weighted by molar-refractivity contribution is 6.32. The van der Waals surface area contributed by atoms with E-state index in [9.17, 15) is 25.4 Å². The van der Waals surface area contributed by atoms with Crippen LogP contribution in [0.5, 0.6) is 11.5 Å². The molecular weight excluding hydrogens is 756 g/mol. The van der Waals surface area contributed by atoms with Crippen LogP contribution in [0.4, 0.5) is 0 Å². The van der Waals surface area contributed by atoms with Gasteiger partial charge in [-0.3, -0.25) is 20.0 Å². The molecule has 1 aliphatic carbocycles. The van der Waals surface area contributed by atoms with Crippen molar-refractivity contribution in [3.05, 3.63) is 142 Å². The van der Waals surface area contributed by atoms with E-state index in [2.05, 4.69) is 53.3 Å². The number of carboxylic acid groups (broad SMARTS) is 1. The molecule has 0 radical (unpaired) electrons. The molecular formula is C46H51ClN4O7. The maximum atomic E-state index is 12.0. The van der Waals surface area contributed by atoms with E-state index in [4.69, 9.17) is 25.8 Å². The molecule has 0 amide bonds. The van der Waals surface area contributed by atoms with Gasteiger partial charge in [-0.15, -0.1) is 0 Å². The first-order valence-corrected chi connectivity index (χ1v) is 19.8. The van der Waals surface area contributed by atoms with Gasteiger partial charge in [-0.2, -0.15) is 5.26 Å². The molecule has 2 heterocycles. The molecule has 304 valence electrons. The van der Waals surface area contributed by atoms with Crippen LogP contribution < -0.4 is 14.8 Å². The van der Waals surface area contributed by atoms with Crippen LogP contribution in [0, 0.1) is 16.7 Å². The van der Waals surface area contributed by atoms with Crippen LogP contribution in [0.3, 0.4) is 0 Å². The van der Waals surface area contributed by atoms with Gasteiger partial charge in [-0.25, -0.2) is 0 Å². The molecule has 2 aliphatic rings. The van der Waals surface area contributed by atoms with E-state index in [0.29, 0.717) is 47.8 Å². The van der Waals surface area contributed by atoms with Crippen molar-refractivity contribution >= 4 is 23.1 Å². The summed E-state index contributed by atoms with van der Waals surface area (Å²) in [5, 5.41) is 43.6. The second kappa shape index (κ2) is 18.2. The molecule has 58 heavy (non-hydrogen) atoms. The van der Waals surface area contributed by atoms with Crippen LogP contribution in [0.15, 0.2) is 109 Å². The highest BCUT2D eigenvalue weighted by Gasteiger charge is 2.49. The van der Waals surface area contributed by atoms with E-state index in [1.807, 2.05) is 60.7 Å². The Morgan fingerprint density at radius 2 is 1.79 bits per heavy atom. The van der Waals surface area contributed by atoms with Gasteiger partial charge in [0, 0.05) is 67.8 Å². The zero-order valence-corrected chi connectivity index (χ0v) is 33.9. The molecule has 1 fully saturated rings. The van der Waals surface area contributed by atoms with Crippen molar-refractivity contribution in [2.24, 2.45) is 5.41 Å². The molecule has 1 saturated heterocycles. The number of likely N-dealkylation sites (tertiary alicyclic amines) is 1. The van der Waals surface area contributed by atoms with E-state index >= 15 is 0 Å². The van der Waals surface area contributed by atoms with Gasteiger partial charge in [-0.05, 0) is 54.7 Å². The molecule has 3 unspecified atom stereocenters. The summed E-state index contributed by atoms with van der Waals surface area (Å²) in [6, 6.07) is 27.1. The first-order chi connectivity index (χ1) is 27.8. The number of aliphatic carboxylic acids is 1. The molecule has 12 heteroatoms. The van der Waals surface area contributed by atoms with E-state index in [-0.39, 0.29) is 24.8 Å². The predicted octanol–water partition coefficient (Wildman–Crippen LogP) is 6.91. The lowest BCUT2D eigenvalue weighted by molar-refractivity contribution is -0.145. The average Bonchev–Trinajstić information content (AvgIpc) is 3.63. The number of nitrogens with one attached hydrogen (secondary N) is 1. The van der Waals surface area contributed by atoms with Crippen LogP contribution in [-0.2, 0) is 28.3 Å². The van der Waals surface area contributed by atoms with E-state index in [1.54, 1.807) is 24.4 Å². The number of halogens is 1. The average molecular weight is 807 g/mol. The smallest absolute Gasteiger partial charge is 0.326 e. The van der Waals surface area contributed by atoms with E-state index in [1.165, 1.54) is 13.1 Å². The summed E-state index contributed by atoms with van der Waals surface area (Å²) < 4.78 is 19.8. The number of β-amino-alcohol motifs (C(OH)–C–C–N with tert-alkyl or cyclic N) is 1. The quantitative estimate of drug-likeness (QED) is 0.0775. The number of carbonyl (C=O) groups is 1. The first-order valence-electron chi connectivity index (χ1n) is 19.4. The maximum Gasteiger partial charge on any atom is 0.326 e. The fraction of sp³-hybridized carbons (Fsp3) is 0.370. The summed E-state index contributed by atoms with van der Waals surface area (Å²) >= 11 is 6.91. The van der Waals surface area contributed by atoms with Crippen molar-refractivity contribution in [3.8, 4) is 17.6 Å². The van der Waals surface area contributed by atoms with Crippen molar-refractivity contribution < 1.29 is 34.3 Å². The van der Waals surface area contributed by atoms with Gasteiger partial charge in [0.25, 0.3) is 0 Å². The summed E-state index contributed by atoms with van der Waals surface area (Å²) in [5.74, 6) is -0.526. The predicted molar refractivity (Wildman–Crippen MR) is 222 cm³/mol. The Bertz CT molecular complexity index is 2160. The Kier molecular flexibility index (Phi) is 13.4. The highest BCUT2D eigenvalue weighted by atomic mass is 35.5. The molecule has 3 atom stereocenters. The Balaban J connectivity index is 1.24. The van der Waals surface area contributed by atoms with Gasteiger partial charge in [0.2, 0.25) is 0 Å². The Morgan fingerprint density at radius 3 is 2.50 bits per heavy atom. The number of carboxylic acids is 1. The SMILES string of the molecule is CC(CO)(NCc1cc(Cl)c(OCC2(OCCCN3CCC(O)(c4ccccc4)C3)C=CC=C(c3ccccc3)C2(C)C)cc1OCc1cncc(C#N)c1)C(=O)O. The summed E-state index contributed by atoms with van der Waals surface area (Å²) in [6.45, 7) is 7.71. The molecule has 3 aromatic carbocycles. The van der Waals surface area contributed by atoms with Crippen molar-refractivity contribution in [1.29, 1.82) is 5.26 Å². The third-order valence-corrected chi connectivity index (χ3v) is 11.7. The zero-order valence-electron chi connectivity index (χ0n) is 33.2. The maximum absolute atomic E-state index is 12.0. The molecule has 4 aromatic rings. The van der Waals surface area contributed by atoms with Gasteiger partial charge in [-0.1, -0.05) is 98.3 Å². The fourth-order valence-corrected chi connectivity index (χ4v) is 7.77. The minimum atomic E-state index is -1.62. The number of hydrogen-bond donors (Lipinski definition) is 4. The van der Waals surface area contributed by atoms with Gasteiger partial charge in [0.15, 0.2) is 0 Å². The van der Waals surface area contributed by atoms with Crippen LogP contribution in [0.1, 0.15) is 61.4 Å². The largest absolute Gasteiger partial charge is 0.488 e. The van der Waals surface area contributed by atoms with Crippen LogP contribution in [0.2, 0.25) is 5.02 Å². The Hall–Kier alpha value is -5.06. The minimum absolute atomic E-state index is 0.00297. The summed E-state index contributed by atoms with van der Waals surface area (Å²) in [6.07, 6.45) is 10.6. The standard InChI is InChI=1S/C46H51ClN4O7/c1-43(2)38(35-12-6-4-7-13-35)16-10-17-46(43,58-21-11-19-51-20-18-45(55,30-51)37-14-8-5-9-15-37)32-57-41-24-40(56-29-34-22-33(25-48)26-49-27-34)36(23-39(41)47)28-50-44(3,31-52)42(53)54/h4-10,12-17,22-24,26-27,50,52,55H,11,18-21,28-32H2,1-3H3,(H,53,54). The number of hydrogen-bond acceptors (Lipinski definition) is 10. The lowest BCUT2D eigenvalue weighted by Crippen LogP contribution is -2.52. The van der Waals surface area contributed by atoms with Crippen molar-refractivity contribution in [2.45, 2.75) is 63.5 Å². The molecule has 4 N–H and O–H groups in total. The number of benzene rings is 3. The number of nitriles is 1. The topological polar surface area (TPSA) is 157 Å². The van der Waals surface area contributed by atoms with Crippen LogP contribution in [-0.4, -0.2) is 81.8 Å². The van der Waals surface area contributed by atoms with E-state index < -0.39 is 34.7 Å². The molecule has 0 saturated carbocycles. The number of rotatable bonds is 18. The number of aromatic nitrogens is 1. The molecule has 0 spiro atoms. The Labute approximate surface area is 345 Å². The summed E-state index contributed by atoms with van der Waals surface area (Å²) in [4.78, 5) is 18.4. The first kappa shape index (κ1) is 42.5. The molecule has 1 aliphatic heterocycles. The minimum Gasteiger partial charge on any atom is -0.488 e. The molecule has 11 nitrogen and oxygen atoms in total. The van der Waals surface area contributed by atoms with Gasteiger partial charge >= 0.3 is 5.97 Å². The van der Waals surface area contributed by atoms with Crippen LogP contribution in [0.25, 0.3) is 5.57 Å².